The molecule has 0 spiro atoms. The van der Waals surface area contributed by atoms with Crippen molar-refractivity contribution in [3.8, 4) is 0 Å². The largest absolute Gasteiger partial charge is 0.388 e. The van der Waals surface area contributed by atoms with Gasteiger partial charge in [-0.15, -0.1) is 0 Å². The SMILES string of the molecule is NC(=S)c1cccn1Cc1ccccc1. The zero-order valence-corrected chi connectivity index (χ0v) is 9.08. The summed E-state index contributed by atoms with van der Waals surface area (Å²) in [4.78, 5) is 0.441. The van der Waals surface area contributed by atoms with Gasteiger partial charge in [-0.25, -0.2) is 0 Å². The second kappa shape index (κ2) is 4.28. The summed E-state index contributed by atoms with van der Waals surface area (Å²) in [5, 5.41) is 0. The van der Waals surface area contributed by atoms with E-state index in [4.69, 9.17) is 18.0 Å². The van der Waals surface area contributed by atoms with Crippen LogP contribution in [-0.2, 0) is 6.54 Å². The Morgan fingerprint density at radius 1 is 1.13 bits per heavy atom. The van der Waals surface area contributed by atoms with Gasteiger partial charge in [-0.3, -0.25) is 0 Å². The molecule has 2 rings (SSSR count). The van der Waals surface area contributed by atoms with Crippen molar-refractivity contribution < 1.29 is 0 Å². The predicted octanol–water partition coefficient (Wildman–Crippen LogP) is 2.17. The molecule has 15 heavy (non-hydrogen) atoms. The first-order chi connectivity index (χ1) is 7.27. The number of hydrogen-bond acceptors (Lipinski definition) is 1. The molecule has 1 aromatic heterocycles. The van der Waals surface area contributed by atoms with E-state index in [1.54, 1.807) is 0 Å². The zero-order chi connectivity index (χ0) is 10.7. The first-order valence-corrected chi connectivity index (χ1v) is 5.17. The first kappa shape index (κ1) is 9.93. The number of aromatic nitrogens is 1. The maximum absolute atomic E-state index is 5.62. The minimum atomic E-state index is 0.441. The molecule has 2 nitrogen and oxygen atoms in total. The summed E-state index contributed by atoms with van der Waals surface area (Å²) in [5.74, 6) is 0. The molecule has 2 N–H and O–H groups in total. The number of thiocarbonyl (C=S) groups is 1. The molecule has 0 unspecified atom stereocenters. The Labute approximate surface area is 94.3 Å². The van der Waals surface area contributed by atoms with Crippen LogP contribution < -0.4 is 5.73 Å². The van der Waals surface area contributed by atoms with E-state index in [-0.39, 0.29) is 0 Å². The average molecular weight is 216 g/mol. The third-order valence-corrected chi connectivity index (χ3v) is 2.49. The highest BCUT2D eigenvalue weighted by Crippen LogP contribution is 2.07. The molecule has 0 saturated heterocycles. The summed E-state index contributed by atoms with van der Waals surface area (Å²) in [6.45, 7) is 0.806. The number of benzene rings is 1. The molecule has 0 radical (unpaired) electrons. The van der Waals surface area contributed by atoms with Crippen molar-refractivity contribution in [2.75, 3.05) is 0 Å². The lowest BCUT2D eigenvalue weighted by Crippen LogP contribution is -2.15. The van der Waals surface area contributed by atoms with Gasteiger partial charge < -0.3 is 10.3 Å². The van der Waals surface area contributed by atoms with Gasteiger partial charge >= 0.3 is 0 Å². The van der Waals surface area contributed by atoms with Crippen LogP contribution >= 0.6 is 12.2 Å². The van der Waals surface area contributed by atoms with E-state index in [1.165, 1.54) is 5.56 Å². The molecule has 1 heterocycles. The van der Waals surface area contributed by atoms with Gasteiger partial charge in [-0.05, 0) is 17.7 Å². The van der Waals surface area contributed by atoms with E-state index in [0.717, 1.165) is 12.2 Å². The molecule has 0 amide bonds. The maximum Gasteiger partial charge on any atom is 0.120 e. The number of nitrogens with two attached hydrogens (primary N) is 1. The van der Waals surface area contributed by atoms with E-state index < -0.39 is 0 Å². The topological polar surface area (TPSA) is 30.9 Å². The summed E-state index contributed by atoms with van der Waals surface area (Å²) < 4.78 is 2.05. The van der Waals surface area contributed by atoms with Gasteiger partial charge in [0.05, 0.1) is 5.69 Å². The fraction of sp³-hybridized carbons (Fsp3) is 0.0833. The lowest BCUT2D eigenvalue weighted by molar-refractivity contribution is 0.798. The molecule has 0 bridgehead atoms. The lowest BCUT2D eigenvalue weighted by Gasteiger charge is -2.07. The Hall–Kier alpha value is -1.61. The summed E-state index contributed by atoms with van der Waals surface area (Å²) in [6, 6.07) is 14.1. The minimum Gasteiger partial charge on any atom is -0.388 e. The van der Waals surface area contributed by atoms with Crippen molar-refractivity contribution >= 4 is 17.2 Å². The Bertz CT molecular complexity index is 459. The van der Waals surface area contributed by atoms with E-state index in [9.17, 15) is 0 Å². The van der Waals surface area contributed by atoms with Gasteiger partial charge in [0.2, 0.25) is 0 Å². The van der Waals surface area contributed by atoms with Crippen LogP contribution in [0.1, 0.15) is 11.3 Å². The molecule has 0 atom stereocenters. The summed E-state index contributed by atoms with van der Waals surface area (Å²) in [5.41, 5.74) is 7.78. The smallest absolute Gasteiger partial charge is 0.120 e. The standard InChI is InChI=1S/C12H12N2S/c13-12(15)11-7-4-8-14(11)9-10-5-2-1-3-6-10/h1-8H,9H2,(H2,13,15). The maximum atomic E-state index is 5.62. The van der Waals surface area contributed by atoms with Gasteiger partial charge in [-0.2, -0.15) is 0 Å². The van der Waals surface area contributed by atoms with Crippen LogP contribution in [-0.4, -0.2) is 9.56 Å². The fourth-order valence-corrected chi connectivity index (χ4v) is 1.74. The molecule has 0 saturated carbocycles. The van der Waals surface area contributed by atoms with Crippen molar-refractivity contribution in [3.63, 3.8) is 0 Å². The quantitative estimate of drug-likeness (QED) is 0.797. The van der Waals surface area contributed by atoms with E-state index in [1.807, 2.05) is 36.5 Å². The number of rotatable bonds is 3. The Morgan fingerprint density at radius 3 is 2.53 bits per heavy atom. The van der Waals surface area contributed by atoms with Crippen molar-refractivity contribution in [1.29, 1.82) is 0 Å². The van der Waals surface area contributed by atoms with Crippen LogP contribution in [0.15, 0.2) is 48.7 Å². The monoisotopic (exact) mass is 216 g/mol. The zero-order valence-electron chi connectivity index (χ0n) is 8.26. The molecule has 2 aromatic rings. The number of hydrogen-bond donors (Lipinski definition) is 1. The van der Waals surface area contributed by atoms with Gasteiger partial charge in [0, 0.05) is 12.7 Å². The van der Waals surface area contributed by atoms with Crippen LogP contribution in [0.4, 0.5) is 0 Å². The van der Waals surface area contributed by atoms with Crippen LogP contribution in [0.3, 0.4) is 0 Å². The first-order valence-electron chi connectivity index (χ1n) is 4.76. The van der Waals surface area contributed by atoms with Crippen LogP contribution in [0.2, 0.25) is 0 Å². The molecule has 1 aromatic carbocycles. The second-order valence-corrected chi connectivity index (χ2v) is 3.81. The summed E-state index contributed by atoms with van der Waals surface area (Å²) in [6.07, 6.45) is 1.99. The van der Waals surface area contributed by atoms with E-state index in [0.29, 0.717) is 4.99 Å². The van der Waals surface area contributed by atoms with Crippen LogP contribution in [0.25, 0.3) is 0 Å². The highest BCUT2D eigenvalue weighted by molar-refractivity contribution is 7.80. The number of nitrogens with zero attached hydrogens (tertiary/aromatic N) is 1. The van der Waals surface area contributed by atoms with Gasteiger partial charge in [-0.1, -0.05) is 42.5 Å². The molecular weight excluding hydrogens is 204 g/mol. The fourth-order valence-electron chi connectivity index (χ4n) is 1.56. The summed E-state index contributed by atoms with van der Waals surface area (Å²) in [7, 11) is 0. The molecule has 0 aliphatic rings. The lowest BCUT2D eigenvalue weighted by atomic mass is 10.2. The Morgan fingerprint density at radius 2 is 1.87 bits per heavy atom. The highest BCUT2D eigenvalue weighted by atomic mass is 32.1. The molecule has 0 aliphatic carbocycles. The Kier molecular flexibility index (Phi) is 2.83. The normalized spacial score (nSPS) is 10.1. The van der Waals surface area contributed by atoms with E-state index in [2.05, 4.69) is 16.7 Å². The summed E-state index contributed by atoms with van der Waals surface area (Å²) >= 11 is 4.98. The highest BCUT2D eigenvalue weighted by Gasteiger charge is 2.03. The van der Waals surface area contributed by atoms with Crippen molar-refractivity contribution in [2.24, 2.45) is 5.73 Å². The molecule has 0 aliphatic heterocycles. The predicted molar refractivity (Wildman–Crippen MR) is 65.9 cm³/mol. The second-order valence-electron chi connectivity index (χ2n) is 3.37. The van der Waals surface area contributed by atoms with Crippen molar-refractivity contribution in [2.45, 2.75) is 6.54 Å². The minimum absolute atomic E-state index is 0.441. The Balaban J connectivity index is 2.25. The van der Waals surface area contributed by atoms with Crippen molar-refractivity contribution in [3.05, 3.63) is 59.9 Å². The average Bonchev–Trinajstić information content (AvgIpc) is 2.67. The molecule has 76 valence electrons. The molecule has 0 fully saturated rings. The van der Waals surface area contributed by atoms with Crippen molar-refractivity contribution in [1.82, 2.24) is 4.57 Å². The van der Waals surface area contributed by atoms with E-state index >= 15 is 0 Å². The third-order valence-electron chi connectivity index (χ3n) is 2.28. The van der Waals surface area contributed by atoms with Gasteiger partial charge in [0.15, 0.2) is 0 Å². The van der Waals surface area contributed by atoms with Gasteiger partial charge in [0.25, 0.3) is 0 Å². The third kappa shape index (κ3) is 2.25. The van der Waals surface area contributed by atoms with Crippen LogP contribution in [0, 0.1) is 0 Å². The molecular formula is C12H12N2S. The molecule has 3 heteroatoms. The van der Waals surface area contributed by atoms with Crippen LogP contribution in [0.5, 0.6) is 0 Å². The van der Waals surface area contributed by atoms with Gasteiger partial charge in [0.1, 0.15) is 4.99 Å².